The van der Waals surface area contributed by atoms with Crippen molar-refractivity contribution >= 4 is 12.0 Å². The molecule has 0 saturated heterocycles. The first-order valence-corrected chi connectivity index (χ1v) is 1.07. The maximum absolute atomic E-state index is 10.6. The Kier molecular flexibility index (Phi) is 1.26. The van der Waals surface area contributed by atoms with Gasteiger partial charge in [-0.2, -0.15) is 4.39 Å². The van der Waals surface area contributed by atoms with Gasteiger partial charge in [0.05, 0.1) is 0 Å². The molecule has 0 fully saturated rings. The predicted octanol–water partition coefficient (Wildman–Crippen LogP) is -0.433. The Morgan fingerprint density at radius 2 is 1.67 bits per heavy atom. The number of carbonyl (C=O) groups is 2. The van der Waals surface area contributed by atoms with Crippen LogP contribution in [-0.2, 0) is 9.59 Å². The number of hydrogen-bond acceptors (Lipinski definition) is 2. The smallest absolute Gasteiger partial charge is 0.409 e. The molecule has 0 aliphatic carbocycles. The SMILES string of the molecule is O=C(O)C(=O)F. The second-order valence-electron chi connectivity index (χ2n) is 0.579. The Morgan fingerprint density at radius 3 is 1.67 bits per heavy atom. The van der Waals surface area contributed by atoms with E-state index in [1.54, 1.807) is 0 Å². The molecule has 1 N–H and O–H groups in total. The molecule has 0 radical (unpaired) electrons. The molecule has 3 nitrogen and oxygen atoms in total. The van der Waals surface area contributed by atoms with E-state index in [1.807, 2.05) is 0 Å². The van der Waals surface area contributed by atoms with Crippen molar-refractivity contribution in [3.63, 3.8) is 0 Å². The third-order valence-electron chi connectivity index (χ3n) is 0.168. The van der Waals surface area contributed by atoms with E-state index >= 15 is 0 Å². The van der Waals surface area contributed by atoms with Crippen LogP contribution < -0.4 is 0 Å². The molecule has 0 atom stereocenters. The van der Waals surface area contributed by atoms with E-state index in [0.717, 1.165) is 0 Å². The molecule has 0 aromatic carbocycles. The van der Waals surface area contributed by atoms with E-state index < -0.39 is 12.0 Å². The summed E-state index contributed by atoms with van der Waals surface area (Å²) in [5.41, 5.74) is 0. The number of carbonyl (C=O) groups excluding carboxylic acids is 1. The second-order valence-corrected chi connectivity index (χ2v) is 0.579. The van der Waals surface area contributed by atoms with Crippen LogP contribution >= 0.6 is 0 Å². The maximum atomic E-state index is 10.6. The summed E-state index contributed by atoms with van der Waals surface area (Å²) < 4.78 is 10.6. The van der Waals surface area contributed by atoms with Crippen molar-refractivity contribution in [2.45, 2.75) is 0 Å². The Labute approximate surface area is 32.4 Å². The van der Waals surface area contributed by atoms with Crippen molar-refractivity contribution in [2.75, 3.05) is 0 Å². The second kappa shape index (κ2) is 1.49. The largest absolute Gasteiger partial charge is 0.473 e. The summed E-state index contributed by atoms with van der Waals surface area (Å²) in [6, 6.07) is -2.32. The third-order valence-corrected chi connectivity index (χ3v) is 0.168. The molecule has 0 amide bonds. The number of rotatable bonds is 1. The average molecular weight is 92.0 g/mol. The number of carboxylic acids is 1. The Balaban J connectivity index is 3.57. The van der Waals surface area contributed by atoms with Crippen molar-refractivity contribution < 1.29 is 19.1 Å². The fourth-order valence-electron chi connectivity index (χ4n) is 0. The minimum atomic E-state index is -2.32. The van der Waals surface area contributed by atoms with Gasteiger partial charge in [-0.3, -0.25) is 0 Å². The molecule has 0 saturated carbocycles. The van der Waals surface area contributed by atoms with Crippen molar-refractivity contribution in [1.82, 2.24) is 0 Å². The first-order valence-electron chi connectivity index (χ1n) is 1.07. The Bertz CT molecular complexity index is 74.8. The summed E-state index contributed by atoms with van der Waals surface area (Å²) in [6.07, 6.45) is 0. The van der Waals surface area contributed by atoms with Gasteiger partial charge in [0.2, 0.25) is 0 Å². The zero-order valence-corrected chi connectivity index (χ0v) is 2.64. The minimum absolute atomic E-state index is 2.05. The van der Waals surface area contributed by atoms with Gasteiger partial charge in [-0.05, 0) is 0 Å². The van der Waals surface area contributed by atoms with Gasteiger partial charge < -0.3 is 5.11 Å². The lowest BCUT2D eigenvalue weighted by Gasteiger charge is -1.68. The standard InChI is InChI=1S/C2HFO3/c3-1(4)2(5)6/h(H,5,6). The molecule has 0 aliphatic heterocycles. The quantitative estimate of drug-likeness (QED) is 0.352. The molecule has 0 aromatic heterocycles. The first-order chi connectivity index (χ1) is 2.64. The van der Waals surface area contributed by atoms with Gasteiger partial charge in [0.1, 0.15) is 0 Å². The van der Waals surface area contributed by atoms with Gasteiger partial charge in [0.15, 0.2) is 0 Å². The summed E-state index contributed by atoms with van der Waals surface area (Å²) in [4.78, 5) is 17.9. The summed E-state index contributed by atoms with van der Waals surface area (Å²) in [5.74, 6) is -2.05. The van der Waals surface area contributed by atoms with Crippen LogP contribution in [0.2, 0.25) is 0 Å². The lowest BCUT2D eigenvalue weighted by atomic mass is 10.8. The number of halogens is 1. The van der Waals surface area contributed by atoms with Crippen LogP contribution in [0.3, 0.4) is 0 Å². The maximum Gasteiger partial charge on any atom is 0.409 e. The Hall–Kier alpha value is -0.930. The van der Waals surface area contributed by atoms with Gasteiger partial charge >= 0.3 is 12.0 Å². The molecule has 0 rings (SSSR count). The number of hydrogen-bond donors (Lipinski definition) is 1. The fraction of sp³-hybridized carbons (Fsp3) is 0. The van der Waals surface area contributed by atoms with Gasteiger partial charge in [-0.15, -0.1) is 0 Å². The molecule has 6 heavy (non-hydrogen) atoms. The predicted molar refractivity (Wildman–Crippen MR) is 13.8 cm³/mol. The van der Waals surface area contributed by atoms with Crippen LogP contribution in [0.4, 0.5) is 4.39 Å². The summed E-state index contributed by atoms with van der Waals surface area (Å²) in [6.45, 7) is 0. The van der Waals surface area contributed by atoms with E-state index in [0.29, 0.717) is 0 Å². The van der Waals surface area contributed by atoms with Crippen molar-refractivity contribution in [2.24, 2.45) is 0 Å². The van der Waals surface area contributed by atoms with Gasteiger partial charge in [-0.25, -0.2) is 9.59 Å². The monoisotopic (exact) mass is 92.0 g/mol. The van der Waals surface area contributed by atoms with E-state index in [-0.39, 0.29) is 0 Å². The lowest BCUT2D eigenvalue weighted by Crippen LogP contribution is -2.04. The highest BCUT2D eigenvalue weighted by atomic mass is 19.1. The van der Waals surface area contributed by atoms with E-state index in [4.69, 9.17) is 14.7 Å². The highest BCUT2D eigenvalue weighted by molar-refractivity contribution is 6.28. The zero-order chi connectivity index (χ0) is 5.15. The van der Waals surface area contributed by atoms with Crippen LogP contribution in [-0.4, -0.2) is 17.1 Å². The van der Waals surface area contributed by atoms with Crippen molar-refractivity contribution in [3.8, 4) is 0 Å². The zero-order valence-electron chi connectivity index (χ0n) is 2.64. The molecular formula is C2HFO3. The molecule has 0 bridgehead atoms. The highest BCUT2D eigenvalue weighted by Gasteiger charge is 2.05. The summed E-state index contributed by atoms with van der Waals surface area (Å²) in [7, 11) is 0. The van der Waals surface area contributed by atoms with Gasteiger partial charge in [0, 0.05) is 0 Å². The minimum Gasteiger partial charge on any atom is -0.473 e. The van der Waals surface area contributed by atoms with Crippen LogP contribution in [0.5, 0.6) is 0 Å². The molecule has 4 heteroatoms. The average Bonchev–Trinajstić information content (AvgIpc) is 1.36. The van der Waals surface area contributed by atoms with Crippen molar-refractivity contribution in [1.29, 1.82) is 0 Å². The summed E-state index contributed by atoms with van der Waals surface area (Å²) in [5, 5.41) is 7.27. The van der Waals surface area contributed by atoms with Crippen LogP contribution in [0.1, 0.15) is 0 Å². The molecule has 0 aromatic rings. The first kappa shape index (κ1) is 5.07. The van der Waals surface area contributed by atoms with Crippen LogP contribution in [0, 0.1) is 0 Å². The molecule has 0 unspecified atom stereocenters. The van der Waals surface area contributed by atoms with E-state index in [2.05, 4.69) is 0 Å². The lowest BCUT2D eigenvalue weighted by molar-refractivity contribution is -0.154. The van der Waals surface area contributed by atoms with Gasteiger partial charge in [-0.1, -0.05) is 0 Å². The molecular weight excluding hydrogens is 91.0 g/mol. The molecule has 34 valence electrons. The number of carboxylic acid groups (broad SMARTS) is 1. The van der Waals surface area contributed by atoms with Crippen LogP contribution in [0.25, 0.3) is 0 Å². The summed E-state index contributed by atoms with van der Waals surface area (Å²) >= 11 is 0. The van der Waals surface area contributed by atoms with Gasteiger partial charge in [0.25, 0.3) is 0 Å². The fourth-order valence-corrected chi connectivity index (χ4v) is 0. The Morgan fingerprint density at radius 1 is 1.50 bits per heavy atom. The van der Waals surface area contributed by atoms with E-state index in [1.165, 1.54) is 0 Å². The number of aliphatic carboxylic acids is 1. The van der Waals surface area contributed by atoms with E-state index in [9.17, 15) is 4.39 Å². The van der Waals surface area contributed by atoms with Crippen molar-refractivity contribution in [3.05, 3.63) is 0 Å². The molecule has 0 heterocycles. The topological polar surface area (TPSA) is 54.4 Å². The molecule has 0 aliphatic rings. The molecule has 0 spiro atoms. The third kappa shape index (κ3) is 1.40. The normalized spacial score (nSPS) is 7.50. The highest BCUT2D eigenvalue weighted by Crippen LogP contribution is 1.67. The van der Waals surface area contributed by atoms with Crippen LogP contribution in [0.15, 0.2) is 0 Å².